The van der Waals surface area contributed by atoms with Crippen LogP contribution in [0.3, 0.4) is 0 Å². The summed E-state index contributed by atoms with van der Waals surface area (Å²) in [6.07, 6.45) is 0.699. The van der Waals surface area contributed by atoms with Crippen LogP contribution < -0.4 is 5.32 Å². The molecule has 0 saturated heterocycles. The van der Waals surface area contributed by atoms with Crippen LogP contribution in [-0.4, -0.2) is 43.0 Å². The van der Waals surface area contributed by atoms with Crippen molar-refractivity contribution in [2.45, 2.75) is 48.8 Å². The summed E-state index contributed by atoms with van der Waals surface area (Å²) in [5.74, 6) is -0.803. The molecule has 3 aromatic carbocycles. The average molecular weight is 494 g/mol. The number of aliphatic hydroxyl groups is 2. The predicted octanol–water partition coefficient (Wildman–Crippen LogP) is 3.02. The van der Waals surface area contributed by atoms with E-state index in [-0.39, 0.29) is 23.6 Å². The fraction of sp³-hybridized carbons (Fsp3) is 0.321. The molecule has 4 atom stereocenters. The number of hydrogen-bond acceptors (Lipinski definition) is 5. The Labute approximate surface area is 206 Å². The standard InChI is InChI=1S/C28H31NO5S/c1-35(33,34)26-14-8-6-12-21(26)16-23(30)17-22(15-19-9-3-2-4-10-19)28(32)29-27-24-13-7-5-11-20(24)18-25(27)31/h2-14,22-23,25,27,30-31H,15-18H2,1H3,(H,29,32)/t22-,23-,25-,27?/m1/s1. The third kappa shape index (κ3) is 6.17. The number of carbonyl (C=O) groups is 1. The van der Waals surface area contributed by atoms with Crippen LogP contribution in [0.25, 0.3) is 0 Å². The van der Waals surface area contributed by atoms with Crippen LogP contribution in [0.2, 0.25) is 0 Å². The summed E-state index contributed by atoms with van der Waals surface area (Å²) in [6.45, 7) is 0. The zero-order valence-electron chi connectivity index (χ0n) is 19.7. The lowest BCUT2D eigenvalue weighted by Crippen LogP contribution is -2.39. The molecule has 7 heteroatoms. The molecular weight excluding hydrogens is 462 g/mol. The number of rotatable bonds is 9. The molecule has 1 amide bonds. The SMILES string of the molecule is CS(=O)(=O)c1ccccc1C[C@@H](O)C[C@@H](Cc1ccccc1)C(=O)NC1c2ccccc2C[C@H]1O. The van der Waals surface area contributed by atoms with Gasteiger partial charge in [0, 0.05) is 18.6 Å². The molecule has 0 aliphatic heterocycles. The second-order valence-corrected chi connectivity index (χ2v) is 11.3. The zero-order valence-corrected chi connectivity index (χ0v) is 20.5. The van der Waals surface area contributed by atoms with E-state index in [9.17, 15) is 23.4 Å². The molecule has 0 spiro atoms. The largest absolute Gasteiger partial charge is 0.393 e. The summed E-state index contributed by atoms with van der Waals surface area (Å²) in [4.78, 5) is 13.6. The molecule has 0 aromatic heterocycles. The first kappa shape index (κ1) is 25.1. The van der Waals surface area contributed by atoms with E-state index in [0.29, 0.717) is 18.4 Å². The third-order valence-electron chi connectivity index (χ3n) is 6.58. The Hall–Kier alpha value is -3.00. The summed E-state index contributed by atoms with van der Waals surface area (Å²) in [5.41, 5.74) is 3.42. The molecular formula is C28H31NO5S. The fourth-order valence-corrected chi connectivity index (χ4v) is 5.85. The number of hydrogen-bond donors (Lipinski definition) is 3. The van der Waals surface area contributed by atoms with Crippen molar-refractivity contribution in [1.82, 2.24) is 5.32 Å². The fourth-order valence-electron chi connectivity index (χ4n) is 4.90. The number of fused-ring (bicyclic) bond motifs is 1. The highest BCUT2D eigenvalue weighted by molar-refractivity contribution is 7.90. The van der Waals surface area contributed by atoms with Gasteiger partial charge in [-0.1, -0.05) is 72.8 Å². The predicted molar refractivity (Wildman–Crippen MR) is 135 cm³/mol. The zero-order chi connectivity index (χ0) is 25.0. The first-order chi connectivity index (χ1) is 16.7. The molecule has 0 saturated carbocycles. The second kappa shape index (κ2) is 10.7. The van der Waals surface area contributed by atoms with Gasteiger partial charge in [-0.3, -0.25) is 4.79 Å². The van der Waals surface area contributed by atoms with E-state index in [0.717, 1.165) is 22.9 Å². The van der Waals surface area contributed by atoms with Crippen molar-refractivity contribution >= 4 is 15.7 Å². The Bertz CT molecular complexity index is 1280. The number of nitrogens with one attached hydrogen (secondary N) is 1. The quantitative estimate of drug-likeness (QED) is 0.425. The first-order valence-electron chi connectivity index (χ1n) is 11.8. The van der Waals surface area contributed by atoms with Crippen LogP contribution in [0.15, 0.2) is 83.8 Å². The smallest absolute Gasteiger partial charge is 0.224 e. The topological polar surface area (TPSA) is 104 Å². The van der Waals surface area contributed by atoms with Crippen LogP contribution >= 0.6 is 0 Å². The molecule has 1 unspecified atom stereocenters. The minimum atomic E-state index is -3.44. The number of carbonyl (C=O) groups excluding carboxylic acids is 1. The van der Waals surface area contributed by atoms with Crippen molar-refractivity contribution in [2.24, 2.45) is 5.92 Å². The molecule has 6 nitrogen and oxygen atoms in total. The molecule has 0 bridgehead atoms. The van der Waals surface area contributed by atoms with E-state index in [1.165, 1.54) is 6.07 Å². The lowest BCUT2D eigenvalue weighted by Gasteiger charge is -2.24. The number of aliphatic hydroxyl groups excluding tert-OH is 2. The van der Waals surface area contributed by atoms with Gasteiger partial charge in [-0.05, 0) is 47.6 Å². The summed E-state index contributed by atoms with van der Waals surface area (Å²) < 4.78 is 24.3. The average Bonchev–Trinajstić information content (AvgIpc) is 3.14. The van der Waals surface area contributed by atoms with E-state index < -0.39 is 34.0 Å². The van der Waals surface area contributed by atoms with Gasteiger partial charge in [0.05, 0.1) is 23.1 Å². The van der Waals surface area contributed by atoms with Crippen molar-refractivity contribution in [3.05, 3.63) is 101 Å². The molecule has 3 aromatic rings. The van der Waals surface area contributed by atoms with Crippen LogP contribution in [0.1, 0.15) is 34.7 Å². The first-order valence-corrected chi connectivity index (χ1v) is 13.7. The van der Waals surface area contributed by atoms with Gasteiger partial charge in [0.25, 0.3) is 0 Å². The Morgan fingerprint density at radius 3 is 2.37 bits per heavy atom. The van der Waals surface area contributed by atoms with Crippen molar-refractivity contribution in [3.8, 4) is 0 Å². The van der Waals surface area contributed by atoms with Crippen LogP contribution in [0.4, 0.5) is 0 Å². The summed E-state index contributed by atoms with van der Waals surface area (Å²) >= 11 is 0. The van der Waals surface area contributed by atoms with E-state index in [1.807, 2.05) is 54.6 Å². The summed E-state index contributed by atoms with van der Waals surface area (Å²) in [5, 5.41) is 24.5. The Balaban J connectivity index is 1.53. The Kier molecular flexibility index (Phi) is 7.69. The van der Waals surface area contributed by atoms with Gasteiger partial charge in [-0.25, -0.2) is 8.42 Å². The Morgan fingerprint density at radius 1 is 0.971 bits per heavy atom. The van der Waals surface area contributed by atoms with E-state index in [1.54, 1.807) is 18.2 Å². The third-order valence-corrected chi connectivity index (χ3v) is 7.78. The molecule has 1 aliphatic rings. The van der Waals surface area contributed by atoms with Gasteiger partial charge in [-0.15, -0.1) is 0 Å². The van der Waals surface area contributed by atoms with Gasteiger partial charge in [0.15, 0.2) is 9.84 Å². The molecule has 35 heavy (non-hydrogen) atoms. The molecule has 0 heterocycles. The molecule has 184 valence electrons. The van der Waals surface area contributed by atoms with Crippen LogP contribution in [0, 0.1) is 5.92 Å². The number of amides is 1. The van der Waals surface area contributed by atoms with Gasteiger partial charge in [0.2, 0.25) is 5.91 Å². The normalized spacial score (nSPS) is 19.1. The van der Waals surface area contributed by atoms with E-state index >= 15 is 0 Å². The lowest BCUT2D eigenvalue weighted by atomic mass is 9.90. The molecule has 0 radical (unpaired) electrons. The van der Waals surface area contributed by atoms with Crippen molar-refractivity contribution in [2.75, 3.05) is 6.26 Å². The highest BCUT2D eigenvalue weighted by Gasteiger charge is 2.34. The Morgan fingerprint density at radius 2 is 1.63 bits per heavy atom. The highest BCUT2D eigenvalue weighted by atomic mass is 32.2. The second-order valence-electron chi connectivity index (χ2n) is 9.32. The lowest BCUT2D eigenvalue weighted by molar-refractivity contribution is -0.127. The maximum absolute atomic E-state index is 13.4. The van der Waals surface area contributed by atoms with Crippen molar-refractivity contribution < 1.29 is 23.4 Å². The monoisotopic (exact) mass is 493 g/mol. The highest BCUT2D eigenvalue weighted by Crippen LogP contribution is 2.32. The molecule has 1 aliphatic carbocycles. The minimum Gasteiger partial charge on any atom is -0.393 e. The molecule has 4 rings (SSSR count). The maximum atomic E-state index is 13.4. The van der Waals surface area contributed by atoms with Crippen LogP contribution in [-0.2, 0) is 33.9 Å². The van der Waals surface area contributed by atoms with Gasteiger partial charge < -0.3 is 15.5 Å². The van der Waals surface area contributed by atoms with E-state index in [4.69, 9.17) is 0 Å². The summed E-state index contributed by atoms with van der Waals surface area (Å²) in [7, 11) is -3.44. The van der Waals surface area contributed by atoms with Gasteiger partial charge >= 0.3 is 0 Å². The van der Waals surface area contributed by atoms with Crippen molar-refractivity contribution in [1.29, 1.82) is 0 Å². The maximum Gasteiger partial charge on any atom is 0.224 e. The van der Waals surface area contributed by atoms with Crippen LogP contribution in [0.5, 0.6) is 0 Å². The van der Waals surface area contributed by atoms with E-state index in [2.05, 4.69) is 5.32 Å². The minimum absolute atomic E-state index is 0.122. The molecule has 3 N–H and O–H groups in total. The summed E-state index contributed by atoms with van der Waals surface area (Å²) in [6, 6.07) is 23.4. The number of benzene rings is 3. The number of sulfone groups is 1. The van der Waals surface area contributed by atoms with Crippen molar-refractivity contribution in [3.63, 3.8) is 0 Å². The van der Waals surface area contributed by atoms with Gasteiger partial charge in [0.1, 0.15) is 0 Å². The van der Waals surface area contributed by atoms with Gasteiger partial charge in [-0.2, -0.15) is 0 Å². The molecule has 0 fully saturated rings.